The normalized spacial score (nSPS) is 12.4. The summed E-state index contributed by atoms with van der Waals surface area (Å²) in [6, 6.07) is 10.9. The van der Waals surface area contributed by atoms with Crippen LogP contribution in [-0.4, -0.2) is 6.54 Å². The molecule has 0 aliphatic rings. The third kappa shape index (κ3) is 4.18. The van der Waals surface area contributed by atoms with Gasteiger partial charge in [0.1, 0.15) is 5.82 Å². The molecule has 0 amide bonds. The lowest BCUT2D eigenvalue weighted by atomic mass is 9.98. The highest BCUT2D eigenvalue weighted by Gasteiger charge is 2.21. The Kier molecular flexibility index (Phi) is 6.47. The number of halogens is 4. The van der Waals surface area contributed by atoms with Gasteiger partial charge in [-0.3, -0.25) is 0 Å². The van der Waals surface area contributed by atoms with Gasteiger partial charge in [-0.15, -0.1) is 0 Å². The van der Waals surface area contributed by atoms with E-state index < -0.39 is 0 Å². The molecule has 1 unspecified atom stereocenters. The summed E-state index contributed by atoms with van der Waals surface area (Å²) in [7, 11) is 0. The van der Waals surface area contributed by atoms with Crippen molar-refractivity contribution in [3.8, 4) is 0 Å². The quantitative estimate of drug-likeness (QED) is 0.521. The maximum absolute atomic E-state index is 14.5. The van der Waals surface area contributed by atoms with E-state index >= 15 is 0 Å². The van der Waals surface area contributed by atoms with Crippen molar-refractivity contribution in [2.75, 3.05) is 6.54 Å². The van der Waals surface area contributed by atoms with Gasteiger partial charge in [-0.25, -0.2) is 4.39 Å². The molecule has 0 spiro atoms. The van der Waals surface area contributed by atoms with Gasteiger partial charge in [0.05, 0.1) is 10.5 Å². The van der Waals surface area contributed by atoms with Gasteiger partial charge in [0, 0.05) is 14.2 Å². The molecule has 0 saturated carbocycles. The molecule has 21 heavy (non-hydrogen) atoms. The molecule has 112 valence electrons. The van der Waals surface area contributed by atoms with Gasteiger partial charge < -0.3 is 5.32 Å². The van der Waals surface area contributed by atoms with Gasteiger partial charge in [0.2, 0.25) is 0 Å². The number of hydrogen-bond donors (Lipinski definition) is 1. The van der Waals surface area contributed by atoms with Gasteiger partial charge >= 0.3 is 0 Å². The lowest BCUT2D eigenvalue weighted by molar-refractivity contribution is 0.542. The lowest BCUT2D eigenvalue weighted by Gasteiger charge is -2.22. The van der Waals surface area contributed by atoms with Crippen LogP contribution in [0.15, 0.2) is 40.9 Å². The maximum Gasteiger partial charge on any atom is 0.142 e. The molecule has 0 fully saturated rings. The van der Waals surface area contributed by atoms with Crippen LogP contribution in [0.25, 0.3) is 0 Å². The molecule has 0 aliphatic carbocycles. The lowest BCUT2D eigenvalue weighted by Crippen LogP contribution is -2.25. The van der Waals surface area contributed by atoms with Crippen LogP contribution in [0.3, 0.4) is 0 Å². The number of nitrogens with one attached hydrogen (secondary N) is 1. The second-order valence-corrected chi connectivity index (χ2v) is 7.15. The number of rotatable bonds is 5. The zero-order chi connectivity index (χ0) is 15.4. The first kappa shape index (κ1) is 17.2. The molecule has 1 N–H and O–H groups in total. The SMILES string of the molecule is CCCNC(c1cc(Cl)ccc1I)c1cccc(Br)c1F. The minimum absolute atomic E-state index is 0.215. The van der Waals surface area contributed by atoms with Crippen molar-refractivity contribution < 1.29 is 4.39 Å². The minimum atomic E-state index is -0.234. The van der Waals surface area contributed by atoms with E-state index in [1.807, 2.05) is 30.3 Å². The Morgan fingerprint density at radius 1 is 1.29 bits per heavy atom. The van der Waals surface area contributed by atoms with Crippen LogP contribution in [0.4, 0.5) is 4.39 Å². The van der Waals surface area contributed by atoms with Crippen molar-refractivity contribution >= 4 is 50.1 Å². The highest BCUT2D eigenvalue weighted by Crippen LogP contribution is 2.32. The molecule has 1 nitrogen and oxygen atoms in total. The fourth-order valence-electron chi connectivity index (χ4n) is 2.16. The molecular formula is C16H15BrClFIN. The summed E-state index contributed by atoms with van der Waals surface area (Å²) in [4.78, 5) is 0. The molecule has 0 bridgehead atoms. The fraction of sp³-hybridized carbons (Fsp3) is 0.250. The molecule has 0 radical (unpaired) electrons. The molecule has 0 aromatic heterocycles. The third-order valence-corrected chi connectivity index (χ3v) is 4.99. The van der Waals surface area contributed by atoms with E-state index in [2.05, 4.69) is 50.8 Å². The summed E-state index contributed by atoms with van der Waals surface area (Å²) in [5.74, 6) is -0.234. The van der Waals surface area contributed by atoms with E-state index in [0.717, 1.165) is 22.1 Å². The Labute approximate surface area is 151 Å². The smallest absolute Gasteiger partial charge is 0.142 e. The van der Waals surface area contributed by atoms with Crippen LogP contribution in [0, 0.1) is 9.39 Å². The van der Waals surface area contributed by atoms with Gasteiger partial charge in [-0.05, 0) is 81.3 Å². The zero-order valence-corrected chi connectivity index (χ0v) is 16.0. The summed E-state index contributed by atoms with van der Waals surface area (Å²) in [6.07, 6.45) is 0.975. The first-order valence-electron chi connectivity index (χ1n) is 6.66. The Balaban J connectivity index is 2.52. The van der Waals surface area contributed by atoms with Gasteiger partial charge in [0.15, 0.2) is 0 Å². The van der Waals surface area contributed by atoms with Gasteiger partial charge in [-0.1, -0.05) is 30.7 Å². The van der Waals surface area contributed by atoms with Crippen molar-refractivity contribution in [2.45, 2.75) is 19.4 Å². The van der Waals surface area contributed by atoms with Crippen LogP contribution in [-0.2, 0) is 0 Å². The van der Waals surface area contributed by atoms with Crippen LogP contribution < -0.4 is 5.32 Å². The highest BCUT2D eigenvalue weighted by molar-refractivity contribution is 14.1. The minimum Gasteiger partial charge on any atom is -0.306 e. The highest BCUT2D eigenvalue weighted by atomic mass is 127. The van der Waals surface area contributed by atoms with Crippen LogP contribution in [0.2, 0.25) is 5.02 Å². The van der Waals surface area contributed by atoms with Gasteiger partial charge in [0.25, 0.3) is 0 Å². The van der Waals surface area contributed by atoms with E-state index in [0.29, 0.717) is 15.1 Å². The molecule has 2 aromatic carbocycles. The molecule has 0 aliphatic heterocycles. The molecule has 2 rings (SSSR count). The predicted molar refractivity (Wildman–Crippen MR) is 98.4 cm³/mol. The summed E-state index contributed by atoms with van der Waals surface area (Å²) < 4.78 is 16.0. The van der Waals surface area contributed by atoms with E-state index in [1.165, 1.54) is 0 Å². The summed E-state index contributed by atoms with van der Waals surface area (Å²) in [5, 5.41) is 4.07. The summed E-state index contributed by atoms with van der Waals surface area (Å²) >= 11 is 11.6. The Hall–Kier alpha value is -0.170. The Bertz CT molecular complexity index is 634. The standard InChI is InChI=1S/C16H15BrClFIN/c1-2-8-21-16(11-4-3-5-13(17)15(11)19)12-9-10(18)6-7-14(12)20/h3-7,9,16,21H,2,8H2,1H3. The fourth-order valence-corrected chi connectivity index (χ4v) is 3.36. The van der Waals surface area contributed by atoms with Crippen molar-refractivity contribution in [1.29, 1.82) is 0 Å². The average molecular weight is 483 g/mol. The molecule has 2 aromatic rings. The van der Waals surface area contributed by atoms with Crippen molar-refractivity contribution in [3.63, 3.8) is 0 Å². The average Bonchev–Trinajstić information content (AvgIpc) is 2.47. The Morgan fingerprint density at radius 2 is 2.05 bits per heavy atom. The van der Waals surface area contributed by atoms with Gasteiger partial charge in [-0.2, -0.15) is 0 Å². The van der Waals surface area contributed by atoms with E-state index in [1.54, 1.807) is 6.07 Å². The maximum atomic E-state index is 14.5. The van der Waals surface area contributed by atoms with Crippen LogP contribution in [0.1, 0.15) is 30.5 Å². The first-order chi connectivity index (χ1) is 10.0. The second-order valence-electron chi connectivity index (χ2n) is 4.70. The molecule has 5 heteroatoms. The largest absolute Gasteiger partial charge is 0.306 e. The number of hydrogen-bond acceptors (Lipinski definition) is 1. The summed E-state index contributed by atoms with van der Waals surface area (Å²) in [6.45, 7) is 2.89. The second kappa shape index (κ2) is 7.90. The van der Waals surface area contributed by atoms with Crippen LogP contribution in [0.5, 0.6) is 0 Å². The van der Waals surface area contributed by atoms with Crippen molar-refractivity contribution in [2.24, 2.45) is 0 Å². The van der Waals surface area contributed by atoms with Crippen LogP contribution >= 0.6 is 50.1 Å². The predicted octanol–water partition coefficient (Wildman–Crippen LogP) is 5.94. The van der Waals surface area contributed by atoms with E-state index in [-0.39, 0.29) is 11.9 Å². The molecular weight excluding hydrogens is 467 g/mol. The summed E-state index contributed by atoms with van der Waals surface area (Å²) in [5.41, 5.74) is 1.62. The molecule has 1 atom stereocenters. The zero-order valence-electron chi connectivity index (χ0n) is 11.5. The van der Waals surface area contributed by atoms with E-state index in [9.17, 15) is 4.39 Å². The number of benzene rings is 2. The third-order valence-electron chi connectivity index (χ3n) is 3.16. The molecule has 0 saturated heterocycles. The Morgan fingerprint density at radius 3 is 2.76 bits per heavy atom. The van der Waals surface area contributed by atoms with Crippen molar-refractivity contribution in [1.82, 2.24) is 5.32 Å². The monoisotopic (exact) mass is 481 g/mol. The first-order valence-corrected chi connectivity index (χ1v) is 8.91. The topological polar surface area (TPSA) is 12.0 Å². The van der Waals surface area contributed by atoms with E-state index in [4.69, 9.17) is 11.6 Å². The molecule has 0 heterocycles. The van der Waals surface area contributed by atoms with Crippen molar-refractivity contribution in [3.05, 3.63) is 66.4 Å².